The number of hydrogen-bond donors (Lipinski definition) is 2. The molecule has 5 heteroatoms. The normalized spacial score (nSPS) is 33.2. The predicted molar refractivity (Wildman–Crippen MR) is 65.1 cm³/mol. The van der Waals surface area contributed by atoms with Crippen LogP contribution in [0.25, 0.3) is 0 Å². The molecule has 0 aromatic carbocycles. The maximum atomic E-state index is 12.0. The second kappa shape index (κ2) is 4.14. The molecule has 1 amide bonds. The molecule has 1 aliphatic carbocycles. The zero-order valence-electron chi connectivity index (χ0n) is 11.1. The van der Waals surface area contributed by atoms with E-state index < -0.39 is 5.60 Å². The molecule has 17 heavy (non-hydrogen) atoms. The molecule has 0 aromatic rings. The van der Waals surface area contributed by atoms with Gasteiger partial charge in [0.25, 0.3) is 0 Å². The number of nitrogens with zero attached hydrogens (tertiary/aromatic N) is 1. The number of fused-ring (bicyclic) bond motifs is 1. The first-order chi connectivity index (χ1) is 7.83. The lowest BCUT2D eigenvalue weighted by Crippen LogP contribution is -2.52. The molecule has 2 bridgehead atoms. The fourth-order valence-corrected chi connectivity index (χ4v) is 3.05. The SMILES string of the molecule is CC(NN)C1C2CC1N(C(=O)OC(C)(C)C)C2. The molecule has 1 saturated carbocycles. The van der Waals surface area contributed by atoms with Crippen LogP contribution >= 0.6 is 0 Å². The van der Waals surface area contributed by atoms with Gasteiger partial charge in [0, 0.05) is 24.5 Å². The topological polar surface area (TPSA) is 67.6 Å². The Morgan fingerprint density at radius 1 is 1.53 bits per heavy atom. The van der Waals surface area contributed by atoms with E-state index in [4.69, 9.17) is 10.6 Å². The molecule has 3 rings (SSSR count). The summed E-state index contributed by atoms with van der Waals surface area (Å²) in [5, 5.41) is 0. The van der Waals surface area contributed by atoms with Crippen LogP contribution < -0.4 is 11.3 Å². The van der Waals surface area contributed by atoms with Crippen LogP contribution in [0.1, 0.15) is 34.1 Å². The number of carbonyl (C=O) groups is 1. The van der Waals surface area contributed by atoms with E-state index in [1.54, 1.807) is 0 Å². The van der Waals surface area contributed by atoms with Crippen LogP contribution in [-0.2, 0) is 4.74 Å². The fourth-order valence-electron chi connectivity index (χ4n) is 3.05. The molecule has 4 unspecified atom stereocenters. The minimum Gasteiger partial charge on any atom is -0.444 e. The Hall–Kier alpha value is -0.810. The first-order valence-corrected chi connectivity index (χ1v) is 6.29. The van der Waals surface area contributed by atoms with E-state index in [9.17, 15) is 4.79 Å². The molecular weight excluding hydrogens is 218 g/mol. The van der Waals surface area contributed by atoms with Gasteiger partial charge >= 0.3 is 6.09 Å². The fraction of sp³-hybridized carbons (Fsp3) is 0.917. The lowest BCUT2D eigenvalue weighted by molar-refractivity contribution is 0.0181. The Labute approximate surface area is 103 Å². The van der Waals surface area contributed by atoms with Gasteiger partial charge in [-0.3, -0.25) is 11.3 Å². The standard InChI is InChI=1S/C12H23N3O2/c1-7(14-13)10-8-5-9(10)15(6-8)11(16)17-12(2,3)4/h7-10,14H,5-6,13H2,1-4H3. The van der Waals surface area contributed by atoms with E-state index in [0.29, 0.717) is 17.9 Å². The van der Waals surface area contributed by atoms with Crippen molar-refractivity contribution in [2.45, 2.75) is 51.8 Å². The van der Waals surface area contributed by atoms with Crippen LogP contribution in [0.2, 0.25) is 0 Å². The van der Waals surface area contributed by atoms with E-state index in [1.165, 1.54) is 0 Å². The van der Waals surface area contributed by atoms with E-state index in [0.717, 1.165) is 13.0 Å². The number of amides is 1. The number of ether oxygens (including phenoxy) is 1. The average Bonchev–Trinajstić information content (AvgIpc) is 2.71. The second-order valence-electron chi connectivity index (χ2n) is 6.23. The molecule has 3 aliphatic rings. The van der Waals surface area contributed by atoms with Crippen molar-refractivity contribution in [1.82, 2.24) is 10.3 Å². The number of carbonyl (C=O) groups excluding carboxylic acids is 1. The van der Waals surface area contributed by atoms with Gasteiger partial charge in [-0.05, 0) is 40.0 Å². The van der Waals surface area contributed by atoms with Gasteiger partial charge in [-0.25, -0.2) is 4.79 Å². The number of rotatable bonds is 2. The van der Waals surface area contributed by atoms with Crippen molar-refractivity contribution in [3.05, 3.63) is 0 Å². The summed E-state index contributed by atoms with van der Waals surface area (Å²) in [5.41, 5.74) is 2.38. The minimum absolute atomic E-state index is 0.184. The first-order valence-electron chi connectivity index (χ1n) is 6.29. The number of nitrogens with one attached hydrogen (secondary N) is 1. The number of nitrogens with two attached hydrogens (primary N) is 1. The predicted octanol–water partition coefficient (Wildman–Crippen LogP) is 1.09. The third kappa shape index (κ3) is 2.26. The average molecular weight is 241 g/mol. The summed E-state index contributed by atoms with van der Waals surface area (Å²) in [7, 11) is 0. The highest BCUT2D eigenvalue weighted by Crippen LogP contribution is 2.48. The Kier molecular flexibility index (Phi) is 3.08. The van der Waals surface area contributed by atoms with Gasteiger partial charge < -0.3 is 9.64 Å². The lowest BCUT2D eigenvalue weighted by Gasteiger charge is -2.40. The Morgan fingerprint density at radius 3 is 2.71 bits per heavy atom. The summed E-state index contributed by atoms with van der Waals surface area (Å²) in [6.45, 7) is 8.57. The molecule has 0 radical (unpaired) electrons. The second-order valence-corrected chi connectivity index (χ2v) is 6.23. The summed E-state index contributed by atoms with van der Waals surface area (Å²) < 4.78 is 5.42. The number of hydrogen-bond acceptors (Lipinski definition) is 4. The van der Waals surface area contributed by atoms with Crippen molar-refractivity contribution < 1.29 is 9.53 Å². The summed E-state index contributed by atoms with van der Waals surface area (Å²) in [5.74, 6) is 6.53. The molecule has 2 heterocycles. The largest absolute Gasteiger partial charge is 0.444 e. The summed E-state index contributed by atoms with van der Waals surface area (Å²) >= 11 is 0. The highest BCUT2D eigenvalue weighted by molar-refractivity contribution is 5.69. The van der Waals surface area contributed by atoms with Crippen molar-refractivity contribution in [3.63, 3.8) is 0 Å². The molecule has 2 aliphatic heterocycles. The van der Waals surface area contributed by atoms with Gasteiger partial charge in [-0.1, -0.05) is 0 Å². The quantitative estimate of drug-likeness (QED) is 0.561. The Morgan fingerprint density at radius 2 is 2.18 bits per heavy atom. The van der Waals surface area contributed by atoms with Crippen LogP contribution in [0.3, 0.4) is 0 Å². The zero-order chi connectivity index (χ0) is 12.8. The molecule has 0 aromatic heterocycles. The van der Waals surface area contributed by atoms with Crippen molar-refractivity contribution in [1.29, 1.82) is 0 Å². The van der Waals surface area contributed by atoms with Gasteiger partial charge in [0.05, 0.1) is 0 Å². The molecule has 98 valence electrons. The van der Waals surface area contributed by atoms with Gasteiger partial charge in [-0.15, -0.1) is 0 Å². The lowest BCUT2D eigenvalue weighted by atomic mass is 9.70. The van der Waals surface area contributed by atoms with Crippen molar-refractivity contribution in [2.75, 3.05) is 6.54 Å². The Balaban J connectivity index is 1.96. The van der Waals surface area contributed by atoms with Crippen LogP contribution in [0.5, 0.6) is 0 Å². The molecule has 5 nitrogen and oxygen atoms in total. The van der Waals surface area contributed by atoms with Gasteiger partial charge in [0.1, 0.15) is 5.60 Å². The van der Waals surface area contributed by atoms with E-state index in [2.05, 4.69) is 12.3 Å². The zero-order valence-corrected chi connectivity index (χ0v) is 11.1. The molecule has 3 fully saturated rings. The van der Waals surface area contributed by atoms with E-state index in [1.807, 2.05) is 25.7 Å². The van der Waals surface area contributed by atoms with Gasteiger partial charge in [-0.2, -0.15) is 0 Å². The molecule has 3 N–H and O–H groups in total. The Bertz CT molecular complexity index is 313. The summed E-state index contributed by atoms with van der Waals surface area (Å²) in [6.07, 6.45) is 0.910. The minimum atomic E-state index is -0.419. The highest BCUT2D eigenvalue weighted by atomic mass is 16.6. The monoisotopic (exact) mass is 241 g/mol. The maximum absolute atomic E-state index is 12.0. The third-order valence-electron chi connectivity index (χ3n) is 3.83. The first kappa shape index (κ1) is 12.6. The number of hydrazine groups is 1. The van der Waals surface area contributed by atoms with Crippen molar-refractivity contribution in [3.8, 4) is 0 Å². The van der Waals surface area contributed by atoms with Gasteiger partial charge in [0.15, 0.2) is 0 Å². The molecule has 0 spiro atoms. The third-order valence-corrected chi connectivity index (χ3v) is 3.83. The molecular formula is C12H23N3O2. The van der Waals surface area contributed by atoms with Crippen LogP contribution in [0.15, 0.2) is 0 Å². The van der Waals surface area contributed by atoms with Crippen LogP contribution in [0.4, 0.5) is 4.79 Å². The van der Waals surface area contributed by atoms with Gasteiger partial charge in [0.2, 0.25) is 0 Å². The van der Waals surface area contributed by atoms with E-state index >= 15 is 0 Å². The van der Waals surface area contributed by atoms with Crippen LogP contribution in [-0.4, -0.2) is 35.2 Å². The summed E-state index contributed by atoms with van der Waals surface area (Å²) in [4.78, 5) is 13.9. The van der Waals surface area contributed by atoms with Crippen LogP contribution in [0, 0.1) is 11.8 Å². The van der Waals surface area contributed by atoms with Crippen molar-refractivity contribution in [2.24, 2.45) is 17.7 Å². The highest BCUT2D eigenvalue weighted by Gasteiger charge is 2.56. The maximum Gasteiger partial charge on any atom is 0.410 e. The smallest absolute Gasteiger partial charge is 0.410 e. The molecule has 2 saturated heterocycles. The van der Waals surface area contributed by atoms with E-state index in [-0.39, 0.29) is 12.1 Å². The van der Waals surface area contributed by atoms with Crippen molar-refractivity contribution >= 4 is 6.09 Å². The summed E-state index contributed by atoms with van der Waals surface area (Å²) in [6, 6.07) is 0.562. The molecule has 4 atom stereocenters.